The summed E-state index contributed by atoms with van der Waals surface area (Å²) < 4.78 is 17.2. The number of halogens is 1. The topological polar surface area (TPSA) is 100 Å². The highest BCUT2D eigenvalue weighted by molar-refractivity contribution is 6.29. The first-order chi connectivity index (χ1) is 13.0. The van der Waals surface area contributed by atoms with E-state index in [2.05, 4.69) is 20.3 Å². The molecule has 0 saturated heterocycles. The van der Waals surface area contributed by atoms with Crippen LogP contribution in [-0.2, 0) is 4.74 Å². The summed E-state index contributed by atoms with van der Waals surface area (Å²) in [7, 11) is 4.55. The molecule has 0 unspecified atom stereocenters. The van der Waals surface area contributed by atoms with Gasteiger partial charge in [0.2, 0.25) is 5.88 Å². The van der Waals surface area contributed by atoms with E-state index in [1.807, 2.05) is 0 Å². The molecule has 10 heteroatoms. The first-order valence-corrected chi connectivity index (χ1v) is 8.87. The molecular weight excluding hydrogens is 374 g/mol. The maximum absolute atomic E-state index is 13.0. The summed E-state index contributed by atoms with van der Waals surface area (Å²) in [5.74, 6) is 0.705. The van der Waals surface area contributed by atoms with Crippen LogP contribution in [-0.4, -0.2) is 47.5 Å². The third-order valence-electron chi connectivity index (χ3n) is 4.42. The fourth-order valence-electron chi connectivity index (χ4n) is 2.93. The molecule has 0 spiro atoms. The van der Waals surface area contributed by atoms with Crippen molar-refractivity contribution in [1.82, 2.24) is 19.5 Å². The van der Waals surface area contributed by atoms with Gasteiger partial charge in [-0.25, -0.2) is 4.98 Å². The van der Waals surface area contributed by atoms with Gasteiger partial charge in [0, 0.05) is 13.3 Å². The van der Waals surface area contributed by atoms with Gasteiger partial charge in [-0.3, -0.25) is 4.79 Å². The molecule has 1 atom stereocenters. The lowest BCUT2D eigenvalue weighted by Gasteiger charge is -2.20. The van der Waals surface area contributed by atoms with Crippen LogP contribution >= 0.6 is 11.6 Å². The van der Waals surface area contributed by atoms with Crippen molar-refractivity contribution in [2.45, 2.75) is 25.8 Å². The predicted molar refractivity (Wildman–Crippen MR) is 100 cm³/mol. The Hall–Kier alpha value is -2.39. The highest BCUT2D eigenvalue weighted by Gasteiger charge is 2.33. The van der Waals surface area contributed by atoms with Gasteiger partial charge in [0.1, 0.15) is 10.8 Å². The molecule has 1 N–H and O–H groups in total. The summed E-state index contributed by atoms with van der Waals surface area (Å²) in [6, 6.07) is 0.0823. The molecule has 146 valence electrons. The van der Waals surface area contributed by atoms with E-state index in [0.717, 1.165) is 12.8 Å². The molecule has 1 aliphatic rings. The zero-order valence-electron chi connectivity index (χ0n) is 15.7. The Morgan fingerprint density at radius 1 is 1.26 bits per heavy atom. The molecule has 0 radical (unpaired) electrons. The highest BCUT2D eigenvalue weighted by Crippen LogP contribution is 2.39. The van der Waals surface area contributed by atoms with Gasteiger partial charge in [-0.05, 0) is 25.7 Å². The van der Waals surface area contributed by atoms with E-state index < -0.39 is 0 Å². The monoisotopic (exact) mass is 395 g/mol. The lowest BCUT2D eigenvalue weighted by Crippen LogP contribution is -2.31. The summed E-state index contributed by atoms with van der Waals surface area (Å²) >= 11 is 6.18. The second-order valence-corrected chi connectivity index (χ2v) is 6.68. The number of ether oxygens (including phenoxy) is 3. The van der Waals surface area contributed by atoms with Crippen LogP contribution in [0.15, 0.2) is 11.0 Å². The van der Waals surface area contributed by atoms with Crippen molar-refractivity contribution in [3.63, 3.8) is 0 Å². The lowest BCUT2D eigenvalue weighted by atomic mass is 10.2. The van der Waals surface area contributed by atoms with E-state index in [1.165, 1.54) is 14.2 Å². The van der Waals surface area contributed by atoms with Crippen LogP contribution in [0.3, 0.4) is 0 Å². The first-order valence-electron chi connectivity index (χ1n) is 8.49. The van der Waals surface area contributed by atoms with Gasteiger partial charge >= 0.3 is 6.01 Å². The Morgan fingerprint density at radius 3 is 2.59 bits per heavy atom. The zero-order valence-corrected chi connectivity index (χ0v) is 16.4. The van der Waals surface area contributed by atoms with Crippen molar-refractivity contribution < 1.29 is 14.2 Å². The molecule has 9 nitrogen and oxygen atoms in total. The molecule has 0 aromatic carbocycles. The first kappa shape index (κ1) is 19.4. The summed E-state index contributed by atoms with van der Waals surface area (Å²) in [4.78, 5) is 25.5. The Labute approximate surface area is 161 Å². The SMILES string of the molecule is COC[C@@H](C1CC1)n1cc(Cl)nc(Nc2c(C)nc(OC)nc2OC)c1=O. The van der Waals surface area contributed by atoms with Gasteiger partial charge in [0.15, 0.2) is 5.82 Å². The molecule has 2 heterocycles. The minimum atomic E-state index is -0.300. The summed E-state index contributed by atoms with van der Waals surface area (Å²) in [6.07, 6.45) is 3.66. The van der Waals surface area contributed by atoms with E-state index in [4.69, 9.17) is 25.8 Å². The van der Waals surface area contributed by atoms with Crippen LogP contribution < -0.4 is 20.3 Å². The molecule has 1 fully saturated rings. The van der Waals surface area contributed by atoms with Crippen LogP contribution in [0, 0.1) is 12.8 Å². The van der Waals surface area contributed by atoms with Crippen LogP contribution in [0.1, 0.15) is 24.6 Å². The minimum absolute atomic E-state index is 0.0689. The van der Waals surface area contributed by atoms with Crippen molar-refractivity contribution in [3.05, 3.63) is 27.4 Å². The van der Waals surface area contributed by atoms with E-state index in [1.54, 1.807) is 24.8 Å². The lowest BCUT2D eigenvalue weighted by molar-refractivity contribution is 0.143. The van der Waals surface area contributed by atoms with Gasteiger partial charge < -0.3 is 24.1 Å². The molecule has 2 aromatic heterocycles. The fourth-order valence-corrected chi connectivity index (χ4v) is 3.12. The Kier molecular flexibility index (Phi) is 5.81. The smallest absolute Gasteiger partial charge is 0.319 e. The van der Waals surface area contributed by atoms with Crippen LogP contribution in [0.25, 0.3) is 0 Å². The largest absolute Gasteiger partial charge is 0.479 e. The third kappa shape index (κ3) is 4.14. The van der Waals surface area contributed by atoms with Gasteiger partial charge in [0.25, 0.3) is 5.56 Å². The number of nitrogens with one attached hydrogen (secondary N) is 1. The average Bonchev–Trinajstić information content (AvgIpc) is 3.48. The summed E-state index contributed by atoms with van der Waals surface area (Å²) in [5.41, 5.74) is 0.666. The Balaban J connectivity index is 2.02. The summed E-state index contributed by atoms with van der Waals surface area (Å²) in [5, 5.41) is 3.17. The number of methoxy groups -OCH3 is 3. The highest BCUT2D eigenvalue weighted by atomic mass is 35.5. The minimum Gasteiger partial charge on any atom is -0.479 e. The quantitative estimate of drug-likeness (QED) is 0.726. The van der Waals surface area contributed by atoms with Gasteiger partial charge in [0.05, 0.1) is 32.6 Å². The molecular formula is C17H22ClN5O4. The maximum atomic E-state index is 13.0. The van der Waals surface area contributed by atoms with E-state index in [-0.39, 0.29) is 34.5 Å². The number of nitrogens with zero attached hydrogens (tertiary/aromatic N) is 4. The van der Waals surface area contributed by atoms with Crippen LogP contribution in [0.5, 0.6) is 11.9 Å². The molecule has 0 bridgehead atoms. The molecule has 1 aliphatic carbocycles. The van der Waals surface area contributed by atoms with E-state index in [0.29, 0.717) is 23.9 Å². The summed E-state index contributed by atoms with van der Waals surface area (Å²) in [6.45, 7) is 2.18. The number of hydrogen-bond donors (Lipinski definition) is 1. The molecule has 27 heavy (non-hydrogen) atoms. The van der Waals surface area contributed by atoms with E-state index >= 15 is 0 Å². The predicted octanol–water partition coefficient (Wildman–Crippen LogP) is 2.35. The Morgan fingerprint density at radius 2 is 2.00 bits per heavy atom. The zero-order chi connectivity index (χ0) is 19.6. The Bertz CT molecular complexity index is 884. The van der Waals surface area contributed by atoms with Crippen molar-refractivity contribution in [3.8, 4) is 11.9 Å². The number of hydrogen-bond acceptors (Lipinski definition) is 8. The van der Waals surface area contributed by atoms with Crippen molar-refractivity contribution >= 4 is 23.1 Å². The van der Waals surface area contributed by atoms with Gasteiger partial charge in [-0.2, -0.15) is 9.97 Å². The second kappa shape index (κ2) is 8.10. The maximum Gasteiger partial charge on any atom is 0.319 e. The van der Waals surface area contributed by atoms with Gasteiger partial charge in [-0.1, -0.05) is 11.6 Å². The molecule has 0 amide bonds. The number of rotatable bonds is 8. The molecule has 1 saturated carbocycles. The normalized spacial score (nSPS) is 14.7. The standard InChI is InChI=1S/C17H22ClN5O4/c1-9-13(15(26-3)22-17(19-9)27-4)21-14-16(24)23(7-12(18)20-14)11(8-25-2)10-5-6-10/h7,10-11H,5-6,8H2,1-4H3,(H,20,21)/t11-/m0/s1. The van der Waals surface area contributed by atoms with Crippen molar-refractivity contribution in [2.75, 3.05) is 33.3 Å². The number of anilines is 2. The molecule has 3 rings (SSSR count). The molecule has 2 aromatic rings. The van der Waals surface area contributed by atoms with Crippen LogP contribution in [0.2, 0.25) is 5.15 Å². The van der Waals surface area contributed by atoms with Gasteiger partial charge in [-0.15, -0.1) is 0 Å². The molecule has 0 aliphatic heterocycles. The van der Waals surface area contributed by atoms with Crippen LogP contribution in [0.4, 0.5) is 11.5 Å². The number of aryl methyl sites for hydroxylation is 1. The van der Waals surface area contributed by atoms with Crippen molar-refractivity contribution in [2.24, 2.45) is 5.92 Å². The fraction of sp³-hybridized carbons (Fsp3) is 0.529. The van der Waals surface area contributed by atoms with E-state index in [9.17, 15) is 4.79 Å². The van der Waals surface area contributed by atoms with Crippen molar-refractivity contribution in [1.29, 1.82) is 0 Å². The average molecular weight is 396 g/mol. The second-order valence-electron chi connectivity index (χ2n) is 6.29. The third-order valence-corrected chi connectivity index (χ3v) is 4.60. The number of aromatic nitrogens is 4.